The van der Waals surface area contributed by atoms with Crippen LogP contribution in [0.2, 0.25) is 0 Å². The van der Waals surface area contributed by atoms with Crippen molar-refractivity contribution in [1.29, 1.82) is 0 Å². The summed E-state index contributed by atoms with van der Waals surface area (Å²) in [5.41, 5.74) is 4.70. The Hall–Kier alpha value is -3.15. The van der Waals surface area contributed by atoms with Crippen molar-refractivity contribution in [1.82, 2.24) is 5.43 Å². The summed E-state index contributed by atoms with van der Waals surface area (Å²) in [6, 6.07) is 14.5. The third-order valence-electron chi connectivity index (χ3n) is 3.40. The van der Waals surface area contributed by atoms with Crippen LogP contribution in [-0.4, -0.2) is 24.6 Å². The molecule has 2 amide bonds. The van der Waals surface area contributed by atoms with E-state index in [1.807, 2.05) is 26.0 Å². The van der Waals surface area contributed by atoms with Crippen molar-refractivity contribution in [3.63, 3.8) is 0 Å². The van der Waals surface area contributed by atoms with E-state index in [0.717, 1.165) is 23.3 Å². The maximum Gasteiger partial charge on any atom is 0.329 e. The highest BCUT2D eigenvalue weighted by Gasteiger charge is 2.12. The van der Waals surface area contributed by atoms with Crippen LogP contribution in [0, 0.1) is 0 Å². The summed E-state index contributed by atoms with van der Waals surface area (Å²) in [6.45, 7) is 4.55. The Bertz CT molecular complexity index is 738. The number of rotatable bonds is 6. The monoisotopic (exact) mass is 339 g/mol. The smallest absolute Gasteiger partial charge is 0.329 e. The summed E-state index contributed by atoms with van der Waals surface area (Å²) in [4.78, 5) is 23.6. The summed E-state index contributed by atoms with van der Waals surface area (Å²) in [5, 5.41) is 6.30. The van der Waals surface area contributed by atoms with Gasteiger partial charge in [-0.1, -0.05) is 19.1 Å². The van der Waals surface area contributed by atoms with Gasteiger partial charge in [0.1, 0.15) is 5.75 Å². The number of hydrazone groups is 1. The Morgan fingerprint density at radius 2 is 1.68 bits per heavy atom. The van der Waals surface area contributed by atoms with E-state index in [4.69, 9.17) is 4.74 Å². The predicted molar refractivity (Wildman–Crippen MR) is 97.8 cm³/mol. The van der Waals surface area contributed by atoms with Crippen LogP contribution in [0.5, 0.6) is 5.75 Å². The first-order chi connectivity index (χ1) is 12.1. The minimum absolute atomic E-state index is 0.563. The second kappa shape index (κ2) is 9.22. The third kappa shape index (κ3) is 5.76. The first-order valence-corrected chi connectivity index (χ1v) is 8.08. The molecular weight excluding hydrogens is 318 g/mol. The van der Waals surface area contributed by atoms with Gasteiger partial charge < -0.3 is 10.1 Å². The molecule has 0 saturated carbocycles. The minimum Gasteiger partial charge on any atom is -0.494 e. The molecule has 0 unspecified atom stereocenters. The molecule has 0 atom stereocenters. The van der Waals surface area contributed by atoms with Crippen LogP contribution < -0.4 is 15.5 Å². The van der Waals surface area contributed by atoms with Gasteiger partial charge >= 0.3 is 11.8 Å². The molecule has 0 aliphatic rings. The van der Waals surface area contributed by atoms with Gasteiger partial charge in [0, 0.05) is 5.69 Å². The molecule has 2 rings (SSSR count). The molecular formula is C19H21N3O3. The van der Waals surface area contributed by atoms with Gasteiger partial charge in [0.25, 0.3) is 0 Å². The number of benzene rings is 2. The second-order valence-corrected chi connectivity index (χ2v) is 5.21. The Balaban J connectivity index is 1.84. The Morgan fingerprint density at radius 3 is 2.28 bits per heavy atom. The minimum atomic E-state index is -0.832. The van der Waals surface area contributed by atoms with Crippen molar-refractivity contribution in [3.8, 4) is 5.75 Å². The van der Waals surface area contributed by atoms with Crippen molar-refractivity contribution in [2.45, 2.75) is 20.3 Å². The Morgan fingerprint density at radius 1 is 1.00 bits per heavy atom. The van der Waals surface area contributed by atoms with E-state index in [2.05, 4.69) is 15.8 Å². The van der Waals surface area contributed by atoms with E-state index in [-0.39, 0.29) is 0 Å². The molecule has 2 aromatic carbocycles. The quantitative estimate of drug-likeness (QED) is 0.482. The van der Waals surface area contributed by atoms with Gasteiger partial charge in [0.2, 0.25) is 0 Å². The average molecular weight is 339 g/mol. The lowest BCUT2D eigenvalue weighted by molar-refractivity contribution is -0.136. The zero-order valence-corrected chi connectivity index (χ0v) is 14.3. The molecule has 6 heteroatoms. The van der Waals surface area contributed by atoms with Crippen LogP contribution >= 0.6 is 0 Å². The number of hydrogen-bond acceptors (Lipinski definition) is 4. The molecule has 0 saturated heterocycles. The van der Waals surface area contributed by atoms with Crippen molar-refractivity contribution >= 4 is 23.7 Å². The van der Waals surface area contributed by atoms with Crippen molar-refractivity contribution in [2.75, 3.05) is 11.9 Å². The molecule has 0 bridgehead atoms. The number of aryl methyl sites for hydroxylation is 1. The molecule has 0 radical (unpaired) electrons. The van der Waals surface area contributed by atoms with E-state index in [0.29, 0.717) is 12.3 Å². The number of ether oxygens (including phenoxy) is 1. The van der Waals surface area contributed by atoms with Crippen LogP contribution in [0.3, 0.4) is 0 Å². The van der Waals surface area contributed by atoms with E-state index >= 15 is 0 Å². The van der Waals surface area contributed by atoms with Crippen LogP contribution in [0.4, 0.5) is 5.69 Å². The summed E-state index contributed by atoms with van der Waals surface area (Å²) in [6.07, 6.45) is 2.37. The molecule has 2 N–H and O–H groups in total. The molecule has 0 fully saturated rings. The molecule has 130 valence electrons. The summed E-state index contributed by atoms with van der Waals surface area (Å²) >= 11 is 0. The predicted octanol–water partition coefficient (Wildman–Crippen LogP) is 2.74. The number of anilines is 1. The summed E-state index contributed by atoms with van der Waals surface area (Å²) in [7, 11) is 0. The van der Waals surface area contributed by atoms with Crippen LogP contribution in [0.15, 0.2) is 53.6 Å². The lowest BCUT2D eigenvalue weighted by Gasteiger charge is -2.05. The number of amides is 2. The maximum absolute atomic E-state index is 11.8. The van der Waals surface area contributed by atoms with Crippen molar-refractivity contribution in [2.24, 2.45) is 5.10 Å². The van der Waals surface area contributed by atoms with Gasteiger partial charge in [0.05, 0.1) is 12.8 Å². The fraction of sp³-hybridized carbons (Fsp3) is 0.211. The fourth-order valence-electron chi connectivity index (χ4n) is 2.04. The first-order valence-electron chi connectivity index (χ1n) is 8.08. The highest BCUT2D eigenvalue weighted by atomic mass is 16.5. The van der Waals surface area contributed by atoms with E-state index in [9.17, 15) is 9.59 Å². The Kier molecular flexibility index (Phi) is 6.71. The molecule has 0 aromatic heterocycles. The SMILES string of the molecule is CCOc1ccc(/C=N\NC(=O)C(=O)Nc2ccc(CC)cc2)cc1. The van der Waals surface area contributed by atoms with Crippen LogP contribution in [0.1, 0.15) is 25.0 Å². The summed E-state index contributed by atoms with van der Waals surface area (Å²) < 4.78 is 5.34. The normalized spacial score (nSPS) is 10.5. The van der Waals surface area contributed by atoms with Gasteiger partial charge in [-0.2, -0.15) is 5.10 Å². The van der Waals surface area contributed by atoms with E-state index in [1.54, 1.807) is 36.4 Å². The van der Waals surface area contributed by atoms with Gasteiger partial charge in [-0.05, 0) is 60.9 Å². The maximum atomic E-state index is 11.8. The lowest BCUT2D eigenvalue weighted by atomic mass is 10.1. The number of nitrogens with one attached hydrogen (secondary N) is 2. The topological polar surface area (TPSA) is 79.8 Å². The molecule has 0 spiro atoms. The summed E-state index contributed by atoms with van der Waals surface area (Å²) in [5.74, 6) is -0.841. The highest BCUT2D eigenvalue weighted by Crippen LogP contribution is 2.11. The fourth-order valence-corrected chi connectivity index (χ4v) is 2.04. The lowest BCUT2D eigenvalue weighted by Crippen LogP contribution is -2.32. The standard InChI is InChI=1S/C19H21N3O3/c1-3-14-5-9-16(10-6-14)21-18(23)19(24)22-20-13-15-7-11-17(12-8-15)25-4-2/h5-13H,3-4H2,1-2H3,(H,21,23)(H,22,24)/b20-13-. The number of nitrogens with zero attached hydrogens (tertiary/aromatic N) is 1. The molecule has 2 aromatic rings. The molecule has 0 heterocycles. The molecule has 6 nitrogen and oxygen atoms in total. The number of carbonyl (C=O) groups is 2. The van der Waals surface area contributed by atoms with Crippen LogP contribution in [-0.2, 0) is 16.0 Å². The van der Waals surface area contributed by atoms with Crippen LogP contribution in [0.25, 0.3) is 0 Å². The van der Waals surface area contributed by atoms with E-state index in [1.165, 1.54) is 6.21 Å². The zero-order valence-electron chi connectivity index (χ0n) is 14.3. The average Bonchev–Trinajstić information content (AvgIpc) is 2.64. The Labute approximate surface area is 146 Å². The van der Waals surface area contributed by atoms with Gasteiger partial charge in [-0.15, -0.1) is 0 Å². The number of carbonyl (C=O) groups excluding carboxylic acids is 2. The van der Waals surface area contributed by atoms with Crippen molar-refractivity contribution in [3.05, 3.63) is 59.7 Å². The first kappa shape index (κ1) is 18.2. The van der Waals surface area contributed by atoms with Crippen molar-refractivity contribution < 1.29 is 14.3 Å². The highest BCUT2D eigenvalue weighted by molar-refractivity contribution is 6.39. The van der Waals surface area contributed by atoms with Gasteiger partial charge in [-0.3, -0.25) is 9.59 Å². The largest absolute Gasteiger partial charge is 0.494 e. The molecule has 25 heavy (non-hydrogen) atoms. The van der Waals surface area contributed by atoms with Gasteiger partial charge in [0.15, 0.2) is 0 Å². The van der Waals surface area contributed by atoms with Gasteiger partial charge in [-0.25, -0.2) is 5.43 Å². The molecule has 0 aliphatic carbocycles. The molecule has 0 aliphatic heterocycles. The third-order valence-corrected chi connectivity index (χ3v) is 3.40. The second-order valence-electron chi connectivity index (χ2n) is 5.21. The number of hydrogen-bond donors (Lipinski definition) is 2. The zero-order chi connectivity index (χ0) is 18.1. The van der Waals surface area contributed by atoms with E-state index < -0.39 is 11.8 Å².